The molecule has 5 aliphatic rings. The van der Waals surface area contributed by atoms with Gasteiger partial charge >= 0.3 is 29.8 Å². The summed E-state index contributed by atoms with van der Waals surface area (Å²) < 4.78 is 4.30. The Morgan fingerprint density at radius 2 is 0.639 bits per heavy atom. The van der Waals surface area contributed by atoms with Crippen molar-refractivity contribution in [3.8, 4) is 0 Å². The molecule has 10 rings (SSSR count). The van der Waals surface area contributed by atoms with Crippen LogP contribution in [-0.4, -0.2) is 164 Å². The summed E-state index contributed by atoms with van der Waals surface area (Å²) >= 11 is 0. The number of carbonyl (C=O) groups excluding carboxylic acids is 12. The summed E-state index contributed by atoms with van der Waals surface area (Å²) in [5.41, 5.74) is 18.5. The lowest BCUT2D eigenvalue weighted by Crippen LogP contribution is -2.43. The molecule has 0 spiro atoms. The van der Waals surface area contributed by atoms with Crippen molar-refractivity contribution in [3.63, 3.8) is 0 Å². The van der Waals surface area contributed by atoms with Crippen LogP contribution in [0.3, 0.4) is 0 Å². The molecule has 0 unspecified atom stereocenters. The molecule has 0 radical (unpaired) electrons. The normalized spacial score (nSPS) is 13.6. The minimum atomic E-state index is -1.28. The Kier molecular flexibility index (Phi) is 20.8. The fourth-order valence-electron chi connectivity index (χ4n) is 8.13. The summed E-state index contributed by atoms with van der Waals surface area (Å²) in [6, 6.07) is 18.7. The molecule has 5 aromatic rings. The van der Waals surface area contributed by atoms with Crippen LogP contribution >= 0.6 is 0 Å². The fraction of sp³-hybridized carbons (Fsp3) is 0.167. The molecule has 10 amide bonds. The minimum Gasteiger partial charge on any atom is -0.478 e. The van der Waals surface area contributed by atoms with Crippen LogP contribution in [0.15, 0.2) is 91.0 Å². The van der Waals surface area contributed by atoms with Crippen molar-refractivity contribution < 1.29 is 92.0 Å². The topological polar surface area (TPSA) is 467 Å². The number of hydrogen-bond acceptors (Lipinski definition) is 20. The van der Waals surface area contributed by atoms with Crippen LogP contribution in [0.25, 0.3) is 0 Å². The van der Waals surface area contributed by atoms with E-state index in [0.29, 0.717) is 16.3 Å². The van der Waals surface area contributed by atoms with Crippen LogP contribution in [0.2, 0.25) is 0 Å². The number of imide groups is 4. The molecule has 0 atom stereocenters. The monoisotopic (exact) mass is 1140 g/mol. The van der Waals surface area contributed by atoms with Crippen LogP contribution in [0.4, 0.5) is 0 Å². The molecule has 83 heavy (non-hydrogen) atoms. The summed E-state index contributed by atoms with van der Waals surface area (Å²) in [6.07, 6.45) is 0. The van der Waals surface area contributed by atoms with E-state index < -0.39 is 96.3 Å². The maximum atomic E-state index is 12.9. The number of esters is 2. The zero-order valence-corrected chi connectivity index (χ0v) is 42.2. The molecule has 432 valence electrons. The molecular formula is C54H52N10O19. The number of cyclic esters (lactones) is 2. The van der Waals surface area contributed by atoms with Gasteiger partial charge in [-0.05, 0) is 97.9 Å². The number of hydrogen-bond donors (Lipinski definition) is 9. The van der Waals surface area contributed by atoms with E-state index in [4.69, 9.17) is 15.3 Å². The number of carboxylic acid groups (broad SMARTS) is 3. The quantitative estimate of drug-likeness (QED) is 0.0411. The Hall–Kier alpha value is -11.0. The van der Waals surface area contributed by atoms with Crippen LogP contribution in [-0.2, 0) is 4.74 Å². The number of amides is 10. The molecule has 0 aromatic heterocycles. The smallest absolute Gasteiger partial charge is 0.346 e. The van der Waals surface area contributed by atoms with Gasteiger partial charge in [0.25, 0.3) is 59.1 Å². The number of fused-ring (bicyclic) bond motifs is 5. The van der Waals surface area contributed by atoms with E-state index in [2.05, 4.69) is 38.3 Å². The third kappa shape index (κ3) is 12.7. The van der Waals surface area contributed by atoms with Gasteiger partial charge in [0.1, 0.15) is 13.3 Å². The van der Waals surface area contributed by atoms with E-state index in [9.17, 15) is 71.9 Å². The third-order valence-corrected chi connectivity index (χ3v) is 11.9. The summed E-state index contributed by atoms with van der Waals surface area (Å²) in [6.45, 7) is 1.39. The van der Waals surface area contributed by atoms with E-state index >= 15 is 0 Å². The minimum absolute atomic E-state index is 0. The van der Waals surface area contributed by atoms with Crippen LogP contribution < -0.4 is 33.6 Å². The van der Waals surface area contributed by atoms with E-state index in [-0.39, 0.29) is 118 Å². The highest BCUT2D eigenvalue weighted by molar-refractivity contribution is 6.26. The molecule has 13 N–H and O–H groups in total. The number of rotatable bonds is 10. The first-order chi connectivity index (χ1) is 38.4. The number of nitrogens with two attached hydrogens (primary N) is 4. The van der Waals surface area contributed by atoms with Gasteiger partial charge in [-0.25, -0.2) is 24.0 Å². The van der Waals surface area contributed by atoms with Gasteiger partial charge in [0.05, 0.1) is 72.3 Å². The summed E-state index contributed by atoms with van der Waals surface area (Å²) in [4.78, 5) is 183. The van der Waals surface area contributed by atoms with Crippen molar-refractivity contribution in [1.82, 2.24) is 30.2 Å². The van der Waals surface area contributed by atoms with Gasteiger partial charge in [-0.15, -0.1) is 0 Å². The number of carboxylic acids is 3. The molecule has 0 saturated carbocycles. The maximum Gasteiger partial charge on any atom is 0.346 e. The van der Waals surface area contributed by atoms with Gasteiger partial charge in [-0.3, -0.25) is 67.5 Å². The van der Waals surface area contributed by atoms with Gasteiger partial charge in [0, 0.05) is 38.1 Å². The lowest BCUT2D eigenvalue weighted by Gasteiger charge is -2.20. The Labute approximate surface area is 469 Å². The van der Waals surface area contributed by atoms with E-state index in [0.717, 1.165) is 28.0 Å². The highest BCUT2D eigenvalue weighted by Gasteiger charge is 2.45. The van der Waals surface area contributed by atoms with Crippen molar-refractivity contribution in [3.05, 3.63) is 174 Å². The van der Waals surface area contributed by atoms with Crippen molar-refractivity contribution in [2.45, 2.75) is 21.8 Å². The predicted molar refractivity (Wildman–Crippen MR) is 286 cm³/mol. The van der Waals surface area contributed by atoms with Gasteiger partial charge in [0.2, 0.25) is 0 Å². The molecule has 0 bridgehead atoms. The highest BCUT2D eigenvalue weighted by Crippen LogP contribution is 2.31. The predicted octanol–water partition coefficient (Wildman–Crippen LogP) is 1.27. The van der Waals surface area contributed by atoms with Crippen molar-refractivity contribution in [1.29, 1.82) is 0 Å². The second-order valence-corrected chi connectivity index (χ2v) is 16.7. The molecule has 0 fully saturated rings. The number of nitrogens with zero attached hydrogens (tertiary/aromatic N) is 4. The lowest BCUT2D eigenvalue weighted by atomic mass is 10.1. The Morgan fingerprint density at radius 3 is 0.928 bits per heavy atom. The average Bonchev–Trinajstić information content (AvgIpc) is 3.81. The third-order valence-electron chi connectivity index (χ3n) is 11.9. The van der Waals surface area contributed by atoms with Crippen LogP contribution in [0.5, 0.6) is 0 Å². The van der Waals surface area contributed by atoms with E-state index in [1.807, 2.05) is 0 Å². The van der Waals surface area contributed by atoms with Crippen molar-refractivity contribution in [2.24, 2.45) is 22.9 Å². The summed E-state index contributed by atoms with van der Waals surface area (Å²) in [5, 5.41) is 31.8. The van der Waals surface area contributed by atoms with Crippen molar-refractivity contribution >= 4 is 88.9 Å². The number of nitrogens with one attached hydrogen (secondary N) is 2. The molecule has 5 heterocycles. The number of carbonyl (C=O) groups is 15. The van der Waals surface area contributed by atoms with Gasteiger partial charge in [-0.1, -0.05) is 14.9 Å². The maximum absolute atomic E-state index is 12.9. The summed E-state index contributed by atoms with van der Waals surface area (Å²) in [7, 11) is 1.44. The molecule has 5 aromatic carbocycles. The SMILES string of the molecule is C.C.CCNC(=O)c1ccc2c(c1)C(=O)N(CN1C(=O)c3ccc(C(=O)NC)cc3C1=O)C2=O.NCN.NCN.O=C(O)c1ccc2c(c1)C(=O)N(CN1C(=O)c3ccc(C(=O)O)cc3C1=O)C2=O.O=C(O)c1ccc2c(c1)C(=O)OC2=O. The zero-order chi connectivity index (χ0) is 59.9. The van der Waals surface area contributed by atoms with Gasteiger partial charge < -0.3 is 53.6 Å². The average molecular weight is 1150 g/mol. The second kappa shape index (κ2) is 26.8. The number of aromatic carboxylic acids is 3. The van der Waals surface area contributed by atoms with Gasteiger partial charge in [0.15, 0.2) is 0 Å². The number of ether oxygens (including phenoxy) is 1. The zero-order valence-electron chi connectivity index (χ0n) is 42.2. The van der Waals surface area contributed by atoms with E-state index in [1.54, 1.807) is 6.92 Å². The van der Waals surface area contributed by atoms with Crippen LogP contribution in [0.1, 0.15) is 177 Å². The fourth-order valence-corrected chi connectivity index (χ4v) is 8.13. The second-order valence-electron chi connectivity index (χ2n) is 16.7. The molecule has 29 nitrogen and oxygen atoms in total. The first-order valence-corrected chi connectivity index (χ1v) is 23.3. The largest absolute Gasteiger partial charge is 0.478 e. The Balaban J connectivity index is 0.000000266. The first kappa shape index (κ1) is 64.5. The molecule has 29 heteroatoms. The number of benzene rings is 5. The highest BCUT2D eigenvalue weighted by atomic mass is 16.6. The van der Waals surface area contributed by atoms with Crippen LogP contribution in [0, 0.1) is 0 Å². The molecule has 0 saturated heterocycles. The summed E-state index contributed by atoms with van der Waals surface area (Å²) in [5.74, 6) is -12.0. The van der Waals surface area contributed by atoms with E-state index in [1.165, 1.54) is 79.8 Å². The molecule has 0 aliphatic carbocycles. The first-order valence-electron chi connectivity index (χ1n) is 23.3. The lowest BCUT2D eigenvalue weighted by molar-refractivity contribution is 0.0429. The standard InChI is InChI=1S/C22H18N4O6.C19H10N2O8.C9H4O5.2CH6N2.2CH4/c1-3-24-18(28)12-5-7-14-16(9-12)22(32)26(20(14)30)10-25-19(29)13-6-4-11(17(27)23-2)8-15(13)21(25)31;22-14-10-3-1-8(18(26)27)5-12(10)16(24)20(14)7-21-15(23)11-4-2-9(19(28)29)6-13(11)17(21)25;10-7(11)4-1-2-5-6(3-4)9(13)14-8(5)12;2*2-1-3;;/h4-9H,3,10H2,1-2H3,(H,23,27)(H,24,28);1-6H,7H2,(H,26,27)(H,28,29);1-3H,(H,10,11);2*1-3H2;2*1H4. The molecular weight excluding hydrogens is 1090 g/mol. The Morgan fingerprint density at radius 1 is 0.398 bits per heavy atom. The van der Waals surface area contributed by atoms with Gasteiger partial charge in [-0.2, -0.15) is 0 Å². The van der Waals surface area contributed by atoms with Crippen molar-refractivity contribution in [2.75, 3.05) is 40.3 Å². The molecule has 5 aliphatic heterocycles. The Bertz CT molecular complexity index is 3540.